The van der Waals surface area contributed by atoms with Crippen LogP contribution in [-0.4, -0.2) is 15.4 Å². The van der Waals surface area contributed by atoms with Crippen LogP contribution in [0.25, 0.3) is 16.7 Å². The number of para-hydroxylation sites is 2. The number of benzene rings is 2. The van der Waals surface area contributed by atoms with Gasteiger partial charge in [-0.15, -0.1) is 11.6 Å². The SMILES string of the molecule is Fc1c(Cl)cc(-n2c(CCCl)nc3ccccc32)cc1Cl. The predicted molar refractivity (Wildman–Crippen MR) is 85.5 cm³/mol. The third-order valence-corrected chi connectivity index (χ3v) is 3.91. The van der Waals surface area contributed by atoms with Gasteiger partial charge < -0.3 is 0 Å². The summed E-state index contributed by atoms with van der Waals surface area (Å²) in [5.41, 5.74) is 2.41. The van der Waals surface area contributed by atoms with E-state index < -0.39 is 5.82 Å². The van der Waals surface area contributed by atoms with Gasteiger partial charge in [-0.25, -0.2) is 9.37 Å². The molecule has 0 spiro atoms. The number of halogens is 4. The lowest BCUT2D eigenvalue weighted by atomic mass is 10.2. The highest BCUT2D eigenvalue weighted by molar-refractivity contribution is 6.35. The molecule has 0 radical (unpaired) electrons. The molecule has 108 valence electrons. The lowest BCUT2D eigenvalue weighted by Crippen LogP contribution is -2.03. The first kappa shape index (κ1) is 14.6. The molecule has 2 aromatic carbocycles. The number of aromatic nitrogens is 2. The van der Waals surface area contributed by atoms with Crippen molar-refractivity contribution in [2.24, 2.45) is 0 Å². The van der Waals surface area contributed by atoms with Crippen molar-refractivity contribution in [1.82, 2.24) is 9.55 Å². The highest BCUT2D eigenvalue weighted by Gasteiger charge is 2.15. The molecule has 0 unspecified atom stereocenters. The van der Waals surface area contributed by atoms with Gasteiger partial charge in [0.1, 0.15) is 5.82 Å². The molecule has 0 aliphatic heterocycles. The number of fused-ring (bicyclic) bond motifs is 1. The second-order valence-electron chi connectivity index (χ2n) is 4.51. The molecule has 0 aliphatic carbocycles. The van der Waals surface area contributed by atoms with E-state index in [1.165, 1.54) is 12.1 Å². The monoisotopic (exact) mass is 342 g/mol. The molecule has 0 atom stereocenters. The summed E-state index contributed by atoms with van der Waals surface area (Å²) < 4.78 is 15.5. The Morgan fingerprint density at radius 2 is 1.76 bits per heavy atom. The summed E-state index contributed by atoms with van der Waals surface area (Å²) in [7, 11) is 0. The first-order valence-corrected chi connectivity index (χ1v) is 7.58. The molecule has 0 saturated carbocycles. The maximum atomic E-state index is 13.6. The van der Waals surface area contributed by atoms with Crippen LogP contribution in [0.4, 0.5) is 4.39 Å². The zero-order chi connectivity index (χ0) is 15.0. The first-order chi connectivity index (χ1) is 10.1. The van der Waals surface area contributed by atoms with E-state index in [2.05, 4.69) is 4.98 Å². The molecule has 6 heteroatoms. The van der Waals surface area contributed by atoms with Crippen LogP contribution >= 0.6 is 34.8 Å². The highest BCUT2D eigenvalue weighted by Crippen LogP contribution is 2.29. The van der Waals surface area contributed by atoms with Crippen LogP contribution in [0.5, 0.6) is 0 Å². The van der Waals surface area contributed by atoms with Gasteiger partial charge in [0.2, 0.25) is 0 Å². The van der Waals surface area contributed by atoms with Crippen molar-refractivity contribution in [1.29, 1.82) is 0 Å². The van der Waals surface area contributed by atoms with E-state index in [0.29, 0.717) is 18.0 Å². The zero-order valence-electron chi connectivity index (χ0n) is 10.8. The van der Waals surface area contributed by atoms with Crippen molar-refractivity contribution in [3.05, 3.63) is 58.1 Å². The maximum absolute atomic E-state index is 13.6. The van der Waals surface area contributed by atoms with Gasteiger partial charge in [-0.3, -0.25) is 4.57 Å². The van der Waals surface area contributed by atoms with E-state index in [0.717, 1.165) is 16.9 Å². The number of imidazole rings is 1. The zero-order valence-corrected chi connectivity index (χ0v) is 13.1. The Balaban J connectivity index is 2.30. The minimum absolute atomic E-state index is 0.0212. The van der Waals surface area contributed by atoms with Crippen LogP contribution < -0.4 is 0 Å². The second-order valence-corrected chi connectivity index (χ2v) is 5.71. The van der Waals surface area contributed by atoms with Gasteiger partial charge in [0.15, 0.2) is 5.82 Å². The Kier molecular flexibility index (Phi) is 4.07. The summed E-state index contributed by atoms with van der Waals surface area (Å²) in [4.78, 5) is 4.56. The summed E-state index contributed by atoms with van der Waals surface area (Å²) >= 11 is 17.6. The standard InChI is InChI=1S/C15H10Cl3FN2/c16-6-5-14-20-12-3-1-2-4-13(12)21(14)9-7-10(17)15(19)11(18)8-9/h1-4,7-8H,5-6H2. The van der Waals surface area contributed by atoms with E-state index in [4.69, 9.17) is 34.8 Å². The van der Waals surface area contributed by atoms with Crippen LogP contribution in [0, 0.1) is 5.82 Å². The average molecular weight is 344 g/mol. The van der Waals surface area contributed by atoms with Crippen LogP contribution in [0.15, 0.2) is 36.4 Å². The van der Waals surface area contributed by atoms with Crippen LogP contribution in [0.3, 0.4) is 0 Å². The topological polar surface area (TPSA) is 17.8 Å². The lowest BCUT2D eigenvalue weighted by Gasteiger charge is -2.10. The molecular weight excluding hydrogens is 334 g/mol. The fraction of sp³-hybridized carbons (Fsp3) is 0.133. The minimum Gasteiger partial charge on any atom is -0.296 e. The molecule has 0 bridgehead atoms. The largest absolute Gasteiger partial charge is 0.296 e. The molecule has 2 nitrogen and oxygen atoms in total. The summed E-state index contributed by atoms with van der Waals surface area (Å²) in [6.45, 7) is 0. The molecule has 3 aromatic rings. The molecule has 1 aromatic heterocycles. The average Bonchev–Trinajstić information content (AvgIpc) is 2.82. The summed E-state index contributed by atoms with van der Waals surface area (Å²) in [5.74, 6) is 0.599. The van der Waals surface area contributed by atoms with Crippen molar-refractivity contribution >= 4 is 45.8 Å². The van der Waals surface area contributed by atoms with Gasteiger partial charge in [-0.05, 0) is 24.3 Å². The Morgan fingerprint density at radius 1 is 1.10 bits per heavy atom. The molecular formula is C15H10Cl3FN2. The van der Waals surface area contributed by atoms with Crippen molar-refractivity contribution in [3.8, 4) is 5.69 Å². The van der Waals surface area contributed by atoms with Crippen LogP contribution in [0.1, 0.15) is 5.82 Å². The first-order valence-electron chi connectivity index (χ1n) is 6.29. The van der Waals surface area contributed by atoms with Gasteiger partial charge >= 0.3 is 0 Å². The van der Waals surface area contributed by atoms with Crippen molar-refractivity contribution in [3.63, 3.8) is 0 Å². The maximum Gasteiger partial charge on any atom is 0.160 e. The summed E-state index contributed by atoms with van der Waals surface area (Å²) in [6.07, 6.45) is 0.586. The van der Waals surface area contributed by atoms with Crippen molar-refractivity contribution in [2.45, 2.75) is 6.42 Å². The third kappa shape index (κ3) is 2.61. The minimum atomic E-state index is -0.620. The van der Waals surface area contributed by atoms with Crippen LogP contribution in [-0.2, 0) is 6.42 Å². The number of nitrogens with zero attached hydrogens (tertiary/aromatic N) is 2. The molecule has 21 heavy (non-hydrogen) atoms. The predicted octanol–water partition coefficient (Wildman–Crippen LogP) is 5.25. The van der Waals surface area contributed by atoms with Gasteiger partial charge in [-0.2, -0.15) is 0 Å². The van der Waals surface area contributed by atoms with E-state index in [9.17, 15) is 4.39 Å². The number of hydrogen-bond acceptors (Lipinski definition) is 1. The summed E-state index contributed by atoms with van der Waals surface area (Å²) in [6, 6.07) is 10.7. The molecule has 0 aliphatic rings. The molecule has 0 fully saturated rings. The van der Waals surface area contributed by atoms with Crippen molar-refractivity contribution in [2.75, 3.05) is 5.88 Å². The van der Waals surface area contributed by atoms with Gasteiger partial charge in [0.25, 0.3) is 0 Å². The van der Waals surface area contributed by atoms with Crippen LogP contribution in [0.2, 0.25) is 10.0 Å². The molecule has 0 amide bonds. The fourth-order valence-corrected chi connectivity index (χ4v) is 2.93. The smallest absolute Gasteiger partial charge is 0.160 e. The van der Waals surface area contributed by atoms with Gasteiger partial charge in [0, 0.05) is 12.3 Å². The summed E-state index contributed by atoms with van der Waals surface area (Å²) in [5, 5.41) is -0.0424. The molecule has 0 saturated heterocycles. The van der Waals surface area contributed by atoms with Gasteiger partial charge in [0.05, 0.1) is 26.8 Å². The lowest BCUT2D eigenvalue weighted by molar-refractivity contribution is 0.628. The quantitative estimate of drug-likeness (QED) is 0.469. The van der Waals surface area contributed by atoms with E-state index >= 15 is 0 Å². The van der Waals surface area contributed by atoms with Gasteiger partial charge in [-0.1, -0.05) is 35.3 Å². The fourth-order valence-electron chi connectivity index (χ4n) is 2.29. The molecule has 0 N–H and O–H groups in total. The number of rotatable bonds is 3. The van der Waals surface area contributed by atoms with E-state index in [1.807, 2.05) is 28.8 Å². The normalized spacial score (nSPS) is 11.2. The third-order valence-electron chi connectivity index (χ3n) is 3.18. The Morgan fingerprint density at radius 3 is 2.43 bits per heavy atom. The Labute approximate surface area is 136 Å². The molecule has 1 heterocycles. The Bertz CT molecular complexity index is 791. The highest BCUT2D eigenvalue weighted by atomic mass is 35.5. The number of aryl methyl sites for hydroxylation is 1. The number of hydrogen-bond donors (Lipinski definition) is 0. The van der Waals surface area contributed by atoms with E-state index in [1.54, 1.807) is 0 Å². The Hall–Kier alpha value is -1.29. The van der Waals surface area contributed by atoms with Crippen molar-refractivity contribution < 1.29 is 4.39 Å². The van der Waals surface area contributed by atoms with E-state index in [-0.39, 0.29) is 10.0 Å². The number of alkyl halides is 1. The second kappa shape index (κ2) is 5.84. The molecule has 3 rings (SSSR count).